The molecule has 0 bridgehead atoms. The van der Waals surface area contributed by atoms with Crippen LogP contribution in [0.3, 0.4) is 0 Å². The van der Waals surface area contributed by atoms with Crippen LogP contribution in [0, 0.1) is 11.7 Å². The second-order valence-electron chi connectivity index (χ2n) is 13.4. The predicted octanol–water partition coefficient (Wildman–Crippen LogP) is 8.89. The second kappa shape index (κ2) is 15.8. The van der Waals surface area contributed by atoms with Crippen LogP contribution in [0.15, 0.2) is 95.2 Å². The molecule has 0 radical (unpaired) electrons. The van der Waals surface area contributed by atoms with E-state index in [-0.39, 0.29) is 29.9 Å². The molecule has 1 N–H and O–H groups in total. The van der Waals surface area contributed by atoms with Crippen LogP contribution >= 0.6 is 11.8 Å². The van der Waals surface area contributed by atoms with Crippen molar-refractivity contribution >= 4 is 35.0 Å². The standard InChI is InChI=1S/C40H42FN7O4S/c1-6-51-25(4)47-22-31(21-43-47)36-37(52-24(2)3)38-45-40(46-48(38)23-42-36)44-35-15-14-33(20-34(35)41)53-32-9-7-8-26(19-32)16-27-17-30(18-27)28-10-12-29(13-11-28)39(49)50-5/h7-15,19-25,27,30H,6,16-18H2,1-5H3,(H,44,46). The van der Waals surface area contributed by atoms with Crippen LogP contribution < -0.4 is 10.1 Å². The maximum absolute atomic E-state index is 15.5. The number of hydrogen-bond acceptors (Lipinski definition) is 10. The molecule has 1 unspecified atom stereocenters. The number of fused-ring (bicyclic) bond motifs is 1. The number of carbonyl (C=O) groups is 1. The molecular formula is C40H42FN7O4S. The molecule has 1 saturated carbocycles. The first kappa shape index (κ1) is 36.1. The molecule has 6 aromatic rings. The molecule has 3 heterocycles. The van der Waals surface area contributed by atoms with Crippen LogP contribution in [-0.4, -0.2) is 55.2 Å². The van der Waals surface area contributed by atoms with Gasteiger partial charge in [-0.1, -0.05) is 36.0 Å². The number of nitrogens with one attached hydrogen (secondary N) is 1. The molecular weight excluding hydrogens is 694 g/mol. The highest BCUT2D eigenvalue weighted by molar-refractivity contribution is 7.99. The number of carbonyl (C=O) groups excluding carboxylic acids is 1. The summed E-state index contributed by atoms with van der Waals surface area (Å²) in [6.07, 6.45) is 7.94. The summed E-state index contributed by atoms with van der Waals surface area (Å²) >= 11 is 1.52. The van der Waals surface area contributed by atoms with Gasteiger partial charge in [0.25, 0.3) is 0 Å². The van der Waals surface area contributed by atoms with E-state index in [1.54, 1.807) is 23.3 Å². The van der Waals surface area contributed by atoms with E-state index in [0.717, 1.165) is 34.6 Å². The van der Waals surface area contributed by atoms with E-state index in [4.69, 9.17) is 14.2 Å². The molecule has 274 valence electrons. The number of halogens is 1. The third-order valence-corrected chi connectivity index (χ3v) is 10.2. The number of aromatic nitrogens is 6. The van der Waals surface area contributed by atoms with Gasteiger partial charge < -0.3 is 19.5 Å². The van der Waals surface area contributed by atoms with Crippen LogP contribution in [0.4, 0.5) is 16.0 Å². The van der Waals surface area contributed by atoms with Crippen LogP contribution in [0.2, 0.25) is 0 Å². The predicted molar refractivity (Wildman–Crippen MR) is 201 cm³/mol. The summed E-state index contributed by atoms with van der Waals surface area (Å²) in [6.45, 7) is 8.28. The van der Waals surface area contributed by atoms with Crippen molar-refractivity contribution in [3.05, 3.63) is 108 Å². The SMILES string of the molecule is CCOC(C)n1cc(-c2ncn3nc(Nc4ccc(Sc5cccc(CC6CC(c7ccc(C(=O)OC)cc7)C6)c5)cc4F)nc3c2OC(C)C)cn1. The number of benzene rings is 3. The van der Waals surface area contributed by atoms with E-state index < -0.39 is 5.82 Å². The zero-order chi connectivity index (χ0) is 37.1. The summed E-state index contributed by atoms with van der Waals surface area (Å²) in [5.74, 6) is 1.03. The van der Waals surface area contributed by atoms with Crippen molar-refractivity contribution < 1.29 is 23.4 Å². The lowest BCUT2D eigenvalue weighted by Crippen LogP contribution is -2.23. The van der Waals surface area contributed by atoms with Gasteiger partial charge in [0.05, 0.1) is 30.7 Å². The minimum atomic E-state index is -0.418. The van der Waals surface area contributed by atoms with E-state index in [2.05, 4.69) is 49.7 Å². The van der Waals surface area contributed by atoms with Gasteiger partial charge in [-0.05, 0) is 112 Å². The molecule has 1 atom stereocenters. The van der Waals surface area contributed by atoms with Crippen molar-refractivity contribution in [2.24, 2.45) is 5.92 Å². The first-order valence-corrected chi connectivity index (χ1v) is 18.6. The lowest BCUT2D eigenvalue weighted by atomic mass is 9.69. The summed E-state index contributed by atoms with van der Waals surface area (Å²) < 4.78 is 35.4. The van der Waals surface area contributed by atoms with Crippen molar-refractivity contribution in [3.8, 4) is 17.0 Å². The summed E-state index contributed by atoms with van der Waals surface area (Å²) in [5, 5.41) is 12.0. The molecule has 0 spiro atoms. The number of methoxy groups -OCH3 is 1. The molecule has 0 aliphatic heterocycles. The zero-order valence-electron chi connectivity index (χ0n) is 30.3. The summed E-state index contributed by atoms with van der Waals surface area (Å²) in [4.78, 5) is 22.9. The molecule has 1 aliphatic carbocycles. The molecule has 3 aromatic carbocycles. The minimum Gasteiger partial charge on any atom is -0.485 e. The van der Waals surface area contributed by atoms with Gasteiger partial charge in [-0.15, -0.1) is 5.10 Å². The number of rotatable bonds is 14. The summed E-state index contributed by atoms with van der Waals surface area (Å²) in [7, 11) is 1.40. The van der Waals surface area contributed by atoms with Crippen LogP contribution in [0.5, 0.6) is 5.75 Å². The molecule has 11 nitrogen and oxygen atoms in total. The highest BCUT2D eigenvalue weighted by Crippen LogP contribution is 2.44. The third kappa shape index (κ3) is 8.21. The molecule has 1 fully saturated rings. The monoisotopic (exact) mass is 735 g/mol. The van der Waals surface area contributed by atoms with Crippen molar-refractivity contribution in [2.45, 2.75) is 75.0 Å². The lowest BCUT2D eigenvalue weighted by molar-refractivity contribution is 0.0160. The Morgan fingerprint density at radius 3 is 2.58 bits per heavy atom. The van der Waals surface area contributed by atoms with Gasteiger partial charge in [-0.25, -0.2) is 18.9 Å². The summed E-state index contributed by atoms with van der Waals surface area (Å²) in [6, 6.07) is 21.3. The third-order valence-electron chi connectivity index (χ3n) is 9.24. The average molecular weight is 736 g/mol. The number of ether oxygens (including phenoxy) is 3. The molecule has 7 rings (SSSR count). The molecule has 0 saturated heterocycles. The Kier molecular flexibility index (Phi) is 10.7. The van der Waals surface area contributed by atoms with E-state index in [9.17, 15) is 4.79 Å². The van der Waals surface area contributed by atoms with Gasteiger partial charge in [-0.2, -0.15) is 14.6 Å². The van der Waals surface area contributed by atoms with Gasteiger partial charge in [0.15, 0.2) is 5.75 Å². The second-order valence-corrected chi connectivity index (χ2v) is 14.6. The zero-order valence-corrected chi connectivity index (χ0v) is 31.1. The topological polar surface area (TPSA) is 118 Å². The Hall–Kier alpha value is -5.27. The van der Waals surface area contributed by atoms with E-state index in [0.29, 0.717) is 41.1 Å². The lowest BCUT2D eigenvalue weighted by Gasteiger charge is -2.36. The highest BCUT2D eigenvalue weighted by atomic mass is 32.2. The van der Waals surface area contributed by atoms with Crippen molar-refractivity contribution in [2.75, 3.05) is 19.0 Å². The maximum Gasteiger partial charge on any atom is 0.337 e. The molecule has 3 aromatic heterocycles. The quantitative estimate of drug-likeness (QED) is 0.109. The summed E-state index contributed by atoms with van der Waals surface area (Å²) in [5.41, 5.74) is 5.11. The Labute approximate surface area is 311 Å². The van der Waals surface area contributed by atoms with Gasteiger partial charge in [0.2, 0.25) is 11.6 Å². The molecule has 1 aliphatic rings. The highest BCUT2D eigenvalue weighted by Gasteiger charge is 2.30. The van der Waals surface area contributed by atoms with Gasteiger partial charge in [-0.3, -0.25) is 0 Å². The smallest absolute Gasteiger partial charge is 0.337 e. The fourth-order valence-electron chi connectivity index (χ4n) is 6.59. The largest absolute Gasteiger partial charge is 0.485 e. The number of anilines is 2. The normalized spacial score (nSPS) is 16.1. The Balaban J connectivity index is 1.00. The molecule has 13 heteroatoms. The van der Waals surface area contributed by atoms with Crippen molar-refractivity contribution in [3.63, 3.8) is 0 Å². The van der Waals surface area contributed by atoms with Crippen LogP contribution in [-0.2, 0) is 15.9 Å². The van der Waals surface area contributed by atoms with E-state index >= 15 is 4.39 Å². The number of nitrogens with zero attached hydrogens (tertiary/aromatic N) is 6. The van der Waals surface area contributed by atoms with E-state index in [1.165, 1.54) is 40.6 Å². The molecule has 0 amide bonds. The van der Waals surface area contributed by atoms with Crippen molar-refractivity contribution in [1.82, 2.24) is 29.4 Å². The van der Waals surface area contributed by atoms with Gasteiger partial charge in [0, 0.05) is 28.2 Å². The van der Waals surface area contributed by atoms with Crippen LogP contribution in [0.1, 0.15) is 74.2 Å². The van der Waals surface area contributed by atoms with E-state index in [1.807, 2.05) is 64.2 Å². The maximum atomic E-state index is 15.5. The molecule has 53 heavy (non-hydrogen) atoms. The first-order valence-electron chi connectivity index (χ1n) is 17.8. The fraction of sp³-hybridized carbons (Fsp3) is 0.325. The fourth-order valence-corrected chi connectivity index (χ4v) is 7.51. The first-order chi connectivity index (χ1) is 25.7. The average Bonchev–Trinajstić information content (AvgIpc) is 3.79. The number of hydrogen-bond donors (Lipinski definition) is 1. The van der Waals surface area contributed by atoms with Gasteiger partial charge >= 0.3 is 5.97 Å². The Bertz CT molecular complexity index is 2220. The Morgan fingerprint density at radius 1 is 1.06 bits per heavy atom. The van der Waals surface area contributed by atoms with Crippen molar-refractivity contribution in [1.29, 1.82) is 0 Å². The Morgan fingerprint density at radius 2 is 1.85 bits per heavy atom. The number of esters is 1. The van der Waals surface area contributed by atoms with Crippen LogP contribution in [0.25, 0.3) is 16.9 Å². The minimum absolute atomic E-state index is 0.161. The van der Waals surface area contributed by atoms with Gasteiger partial charge in [0.1, 0.15) is 24.1 Å².